The number of anilines is 3. The molecule has 190 valence electrons. The van der Waals surface area contributed by atoms with Crippen LogP contribution in [-0.2, 0) is 10.0 Å². The van der Waals surface area contributed by atoms with Gasteiger partial charge in [0.1, 0.15) is 11.6 Å². The number of carbonyl (C=O) groups is 1. The molecule has 5 rings (SSSR count). The molecule has 0 saturated carbocycles. The number of benzene rings is 1. The maximum absolute atomic E-state index is 13.2. The van der Waals surface area contributed by atoms with Crippen molar-refractivity contribution in [3.05, 3.63) is 78.6 Å². The predicted octanol–water partition coefficient (Wildman–Crippen LogP) is 4.51. The van der Waals surface area contributed by atoms with Crippen molar-refractivity contribution in [3.8, 4) is 0 Å². The number of para-hydroxylation sites is 1. The molecule has 1 amide bonds. The summed E-state index contributed by atoms with van der Waals surface area (Å²) in [5.41, 5.74) is 1.50. The summed E-state index contributed by atoms with van der Waals surface area (Å²) in [6.45, 7) is 7.07. The smallest absolute Gasteiger partial charge is 0.281 e. The van der Waals surface area contributed by atoms with Crippen LogP contribution in [0.5, 0.6) is 0 Å². The van der Waals surface area contributed by atoms with Gasteiger partial charge in [-0.1, -0.05) is 31.2 Å². The Balaban J connectivity index is 1.38. The summed E-state index contributed by atoms with van der Waals surface area (Å²) >= 11 is 0. The van der Waals surface area contributed by atoms with Gasteiger partial charge in [0, 0.05) is 23.7 Å². The number of rotatable bonds is 6. The summed E-state index contributed by atoms with van der Waals surface area (Å²) < 4.78 is 28.4. The van der Waals surface area contributed by atoms with Crippen LogP contribution in [0.2, 0.25) is 0 Å². The molecular formula is C27H28N6O3S. The molecule has 1 fully saturated rings. The van der Waals surface area contributed by atoms with Gasteiger partial charge in [0.2, 0.25) is 0 Å². The Morgan fingerprint density at radius 3 is 2.65 bits per heavy atom. The van der Waals surface area contributed by atoms with Crippen molar-refractivity contribution < 1.29 is 13.2 Å². The highest BCUT2D eigenvalue weighted by molar-refractivity contribution is 7.90. The SMILES string of the molecule is CC1CN(c2ncccc2C(=O)NS(=O)(=O)c2cccc(Nc3cnc4ccccc4c3)n2)C(C)(C)C1. The second kappa shape index (κ2) is 9.44. The fourth-order valence-electron chi connectivity index (χ4n) is 4.90. The summed E-state index contributed by atoms with van der Waals surface area (Å²) in [7, 11) is -4.25. The van der Waals surface area contributed by atoms with Gasteiger partial charge in [-0.2, -0.15) is 8.42 Å². The molecule has 37 heavy (non-hydrogen) atoms. The molecule has 0 spiro atoms. The first-order chi connectivity index (χ1) is 17.6. The molecule has 1 aromatic carbocycles. The van der Waals surface area contributed by atoms with Crippen molar-refractivity contribution in [2.75, 3.05) is 16.8 Å². The minimum Gasteiger partial charge on any atom is -0.351 e. The van der Waals surface area contributed by atoms with Gasteiger partial charge in [0.15, 0.2) is 5.03 Å². The fourth-order valence-corrected chi connectivity index (χ4v) is 5.83. The Bertz CT molecular complexity index is 1590. The molecule has 1 unspecified atom stereocenters. The van der Waals surface area contributed by atoms with Crippen LogP contribution in [0, 0.1) is 5.92 Å². The summed E-state index contributed by atoms with van der Waals surface area (Å²) in [4.78, 5) is 28.3. The number of sulfonamides is 1. The van der Waals surface area contributed by atoms with E-state index >= 15 is 0 Å². The first kappa shape index (κ1) is 24.6. The van der Waals surface area contributed by atoms with Crippen molar-refractivity contribution in [1.82, 2.24) is 19.7 Å². The monoisotopic (exact) mass is 516 g/mol. The number of fused-ring (bicyclic) bond motifs is 1. The van der Waals surface area contributed by atoms with Gasteiger partial charge in [-0.3, -0.25) is 9.78 Å². The third-order valence-corrected chi connectivity index (χ3v) is 7.68. The quantitative estimate of drug-likeness (QED) is 0.384. The van der Waals surface area contributed by atoms with Crippen molar-refractivity contribution in [2.24, 2.45) is 5.92 Å². The average Bonchev–Trinajstić information content (AvgIpc) is 3.15. The molecule has 0 bridgehead atoms. The second-order valence-corrected chi connectivity index (χ2v) is 11.6. The topological polar surface area (TPSA) is 117 Å². The van der Waals surface area contributed by atoms with E-state index in [2.05, 4.69) is 50.7 Å². The molecule has 10 heteroatoms. The molecule has 4 heterocycles. The van der Waals surface area contributed by atoms with E-state index in [0.717, 1.165) is 23.9 Å². The number of nitrogens with one attached hydrogen (secondary N) is 2. The Kier molecular flexibility index (Phi) is 6.28. The Morgan fingerprint density at radius 2 is 1.86 bits per heavy atom. The molecule has 2 N–H and O–H groups in total. The third kappa shape index (κ3) is 5.10. The molecule has 1 atom stereocenters. The highest BCUT2D eigenvalue weighted by Gasteiger charge is 2.39. The first-order valence-corrected chi connectivity index (χ1v) is 13.5. The number of amides is 1. The van der Waals surface area contributed by atoms with Crippen LogP contribution in [0.4, 0.5) is 17.3 Å². The number of aromatic nitrogens is 3. The van der Waals surface area contributed by atoms with Crippen LogP contribution in [0.1, 0.15) is 37.6 Å². The van der Waals surface area contributed by atoms with Crippen LogP contribution >= 0.6 is 0 Å². The van der Waals surface area contributed by atoms with E-state index in [1.165, 1.54) is 6.07 Å². The van der Waals surface area contributed by atoms with E-state index in [-0.39, 0.29) is 16.1 Å². The van der Waals surface area contributed by atoms with E-state index in [1.54, 1.807) is 36.7 Å². The lowest BCUT2D eigenvalue weighted by molar-refractivity contribution is 0.0981. The zero-order valence-electron chi connectivity index (χ0n) is 20.8. The van der Waals surface area contributed by atoms with E-state index in [9.17, 15) is 13.2 Å². The van der Waals surface area contributed by atoms with Gasteiger partial charge < -0.3 is 10.2 Å². The zero-order valence-corrected chi connectivity index (χ0v) is 21.7. The summed E-state index contributed by atoms with van der Waals surface area (Å²) in [6, 6.07) is 17.3. The molecular weight excluding hydrogens is 488 g/mol. The predicted molar refractivity (Wildman–Crippen MR) is 143 cm³/mol. The second-order valence-electron chi connectivity index (χ2n) is 9.94. The van der Waals surface area contributed by atoms with Gasteiger partial charge in [0.25, 0.3) is 15.9 Å². The first-order valence-electron chi connectivity index (χ1n) is 12.0. The fraction of sp³-hybridized carbons (Fsp3) is 0.259. The maximum atomic E-state index is 13.2. The molecule has 0 radical (unpaired) electrons. The molecule has 1 aliphatic rings. The van der Waals surface area contributed by atoms with Crippen LogP contribution in [0.25, 0.3) is 10.9 Å². The number of nitrogens with zero attached hydrogens (tertiary/aromatic N) is 4. The largest absolute Gasteiger partial charge is 0.351 e. The van der Waals surface area contributed by atoms with Crippen LogP contribution < -0.4 is 14.9 Å². The molecule has 1 saturated heterocycles. The number of hydrogen-bond donors (Lipinski definition) is 2. The van der Waals surface area contributed by atoms with Crippen LogP contribution in [-0.4, -0.2) is 41.4 Å². The highest BCUT2D eigenvalue weighted by Crippen LogP contribution is 2.37. The van der Waals surface area contributed by atoms with E-state index < -0.39 is 15.9 Å². The normalized spacial score (nSPS) is 17.1. The standard InChI is InChI=1S/C27H28N6O3S/c1-18-15-27(2,3)33(17-18)25-21(9-7-13-28-25)26(34)32-37(35,36)24-12-6-11-23(31-24)30-20-14-19-8-4-5-10-22(19)29-16-20/h4-14,16,18H,15,17H2,1-3H3,(H,30,31)(H,32,34). The Labute approximate surface area is 216 Å². The minimum absolute atomic E-state index is 0.199. The summed E-state index contributed by atoms with van der Waals surface area (Å²) in [5.74, 6) is 0.449. The van der Waals surface area contributed by atoms with Crippen molar-refractivity contribution in [1.29, 1.82) is 0 Å². The molecule has 3 aromatic heterocycles. The van der Waals surface area contributed by atoms with Crippen LogP contribution in [0.15, 0.2) is 78.1 Å². The van der Waals surface area contributed by atoms with Gasteiger partial charge >= 0.3 is 0 Å². The van der Waals surface area contributed by atoms with Gasteiger partial charge in [0.05, 0.1) is 23.0 Å². The minimum atomic E-state index is -4.25. The lowest BCUT2D eigenvalue weighted by Gasteiger charge is -2.33. The Morgan fingerprint density at radius 1 is 1.05 bits per heavy atom. The lowest BCUT2D eigenvalue weighted by Crippen LogP contribution is -2.41. The lowest BCUT2D eigenvalue weighted by atomic mass is 9.97. The molecule has 0 aliphatic carbocycles. The zero-order chi connectivity index (χ0) is 26.2. The van der Waals surface area contributed by atoms with E-state index in [0.29, 0.717) is 23.2 Å². The molecule has 9 nitrogen and oxygen atoms in total. The average molecular weight is 517 g/mol. The van der Waals surface area contributed by atoms with Gasteiger partial charge in [-0.25, -0.2) is 14.7 Å². The maximum Gasteiger partial charge on any atom is 0.281 e. The van der Waals surface area contributed by atoms with Crippen LogP contribution in [0.3, 0.4) is 0 Å². The van der Waals surface area contributed by atoms with E-state index in [1.807, 2.05) is 30.3 Å². The van der Waals surface area contributed by atoms with Gasteiger partial charge in [-0.15, -0.1) is 0 Å². The third-order valence-electron chi connectivity index (χ3n) is 6.45. The molecule has 1 aliphatic heterocycles. The van der Waals surface area contributed by atoms with Crippen molar-refractivity contribution in [2.45, 2.75) is 37.8 Å². The number of carbonyl (C=O) groups excluding carboxylic acids is 1. The number of hydrogen-bond acceptors (Lipinski definition) is 8. The summed E-state index contributed by atoms with van der Waals surface area (Å²) in [5, 5.41) is 3.74. The van der Waals surface area contributed by atoms with Crippen molar-refractivity contribution >= 4 is 44.2 Å². The highest BCUT2D eigenvalue weighted by atomic mass is 32.2. The summed E-state index contributed by atoms with van der Waals surface area (Å²) in [6.07, 6.45) is 4.20. The molecule has 4 aromatic rings. The number of pyridine rings is 3. The van der Waals surface area contributed by atoms with Crippen molar-refractivity contribution in [3.63, 3.8) is 0 Å². The van der Waals surface area contributed by atoms with Gasteiger partial charge in [-0.05, 0) is 62.6 Å². The Hall–Kier alpha value is -4.05. The van der Waals surface area contributed by atoms with E-state index in [4.69, 9.17) is 0 Å².